The van der Waals surface area contributed by atoms with E-state index in [1.807, 2.05) is 18.2 Å². The number of benzene rings is 2. The molecule has 3 aliphatic rings. The highest BCUT2D eigenvalue weighted by Gasteiger charge is 2.35. The van der Waals surface area contributed by atoms with Gasteiger partial charge in [-0.05, 0) is 36.5 Å². The van der Waals surface area contributed by atoms with E-state index in [4.69, 9.17) is 9.98 Å². The van der Waals surface area contributed by atoms with Crippen LogP contribution in [0.15, 0.2) is 58.5 Å². The Bertz CT molecular complexity index is 927. The minimum atomic E-state index is -0.123. The summed E-state index contributed by atoms with van der Waals surface area (Å²) in [5.74, 6) is 0.972. The van der Waals surface area contributed by atoms with Gasteiger partial charge in [0.2, 0.25) is 5.96 Å². The number of rotatable bonds is 2. The van der Waals surface area contributed by atoms with Gasteiger partial charge in [-0.3, -0.25) is 4.99 Å². The molecule has 1 N–H and O–H groups in total. The smallest absolute Gasteiger partial charge is 0.218 e. The monoisotopic (exact) mass is 375 g/mol. The van der Waals surface area contributed by atoms with Gasteiger partial charge in [0, 0.05) is 23.4 Å². The summed E-state index contributed by atoms with van der Waals surface area (Å²) in [5.41, 5.74) is 4.24. The molecule has 0 radical (unpaired) electrons. The zero-order valence-electron chi connectivity index (χ0n) is 16.1. The highest BCUT2D eigenvalue weighted by Crippen LogP contribution is 2.41. The van der Waals surface area contributed by atoms with Crippen LogP contribution in [0.1, 0.15) is 61.1 Å². The molecular weight excluding hydrogens is 349 g/mol. The second-order valence-corrected chi connectivity index (χ2v) is 8.23. The Morgan fingerprint density at radius 1 is 0.893 bits per heavy atom. The molecule has 4 heteroatoms. The van der Waals surface area contributed by atoms with E-state index in [9.17, 15) is 4.39 Å². The van der Waals surface area contributed by atoms with Crippen LogP contribution in [0, 0.1) is 11.7 Å². The Kier molecular flexibility index (Phi) is 4.71. The number of nitrogens with one attached hydrogen (secondary N) is 1. The first-order valence-corrected chi connectivity index (χ1v) is 10.5. The molecule has 1 aliphatic heterocycles. The first-order chi connectivity index (χ1) is 13.8. The minimum Gasteiger partial charge on any atom is -0.352 e. The van der Waals surface area contributed by atoms with Crippen LogP contribution < -0.4 is 5.32 Å². The lowest BCUT2D eigenvalue weighted by Gasteiger charge is -2.35. The lowest BCUT2D eigenvalue weighted by atomic mass is 9.72. The van der Waals surface area contributed by atoms with Crippen molar-refractivity contribution in [1.29, 1.82) is 0 Å². The Hall–Kier alpha value is -2.49. The number of aliphatic imine (C=N–C) groups is 2. The maximum absolute atomic E-state index is 14.5. The summed E-state index contributed by atoms with van der Waals surface area (Å²) < 4.78 is 14.5. The Balaban J connectivity index is 1.48. The molecule has 28 heavy (non-hydrogen) atoms. The molecule has 2 unspecified atom stereocenters. The third-order valence-corrected chi connectivity index (χ3v) is 6.43. The van der Waals surface area contributed by atoms with Crippen molar-refractivity contribution in [1.82, 2.24) is 5.32 Å². The molecule has 144 valence electrons. The molecule has 2 aromatic carbocycles. The molecule has 2 atom stereocenters. The molecule has 0 amide bonds. The van der Waals surface area contributed by atoms with Crippen LogP contribution in [0.3, 0.4) is 0 Å². The first-order valence-electron chi connectivity index (χ1n) is 10.5. The van der Waals surface area contributed by atoms with E-state index in [0.29, 0.717) is 6.04 Å². The van der Waals surface area contributed by atoms with Gasteiger partial charge in [0.1, 0.15) is 5.82 Å². The highest BCUT2D eigenvalue weighted by atomic mass is 19.1. The van der Waals surface area contributed by atoms with Crippen LogP contribution in [0.2, 0.25) is 0 Å². The van der Waals surface area contributed by atoms with Gasteiger partial charge in [-0.15, -0.1) is 0 Å². The van der Waals surface area contributed by atoms with Crippen LogP contribution in [-0.4, -0.2) is 24.3 Å². The Morgan fingerprint density at radius 2 is 1.64 bits per heavy atom. The van der Waals surface area contributed by atoms with E-state index in [2.05, 4.69) is 23.5 Å². The number of guanidine groups is 1. The molecule has 5 rings (SSSR count). The number of nitrogens with zero attached hydrogens (tertiary/aromatic N) is 2. The van der Waals surface area contributed by atoms with Crippen molar-refractivity contribution < 1.29 is 4.39 Å². The Morgan fingerprint density at radius 3 is 2.46 bits per heavy atom. The zero-order chi connectivity index (χ0) is 18.9. The molecule has 3 nitrogen and oxygen atoms in total. The zero-order valence-corrected chi connectivity index (χ0v) is 16.1. The number of hydrogen-bond donors (Lipinski definition) is 1. The van der Waals surface area contributed by atoms with Gasteiger partial charge < -0.3 is 5.32 Å². The molecule has 1 fully saturated rings. The fourth-order valence-corrected chi connectivity index (χ4v) is 5.00. The summed E-state index contributed by atoms with van der Waals surface area (Å²) in [5, 5.41) is 3.58. The van der Waals surface area contributed by atoms with Crippen molar-refractivity contribution >= 4 is 11.7 Å². The van der Waals surface area contributed by atoms with Gasteiger partial charge in [0.15, 0.2) is 0 Å². The second-order valence-electron chi connectivity index (χ2n) is 8.23. The van der Waals surface area contributed by atoms with E-state index >= 15 is 0 Å². The summed E-state index contributed by atoms with van der Waals surface area (Å²) in [4.78, 5) is 9.71. The van der Waals surface area contributed by atoms with Gasteiger partial charge in [0.25, 0.3) is 0 Å². The van der Waals surface area contributed by atoms with Crippen LogP contribution in [0.25, 0.3) is 0 Å². The standard InChI is InChI=1S/C24H26FN3/c25-22-13-7-6-11-19(22)21-14-16-15-26-24(27-17-8-2-1-3-9-17)28-23(16)20-12-5-4-10-18(20)21/h4-7,10-13,16-17,21H,1-3,8-9,14-15H2,(H,26,27). The lowest BCUT2D eigenvalue weighted by molar-refractivity contribution is 0.411. The SMILES string of the molecule is Fc1ccccc1C1CC2CN=C(NC3CCCCC3)N=C2c2ccccc21. The predicted molar refractivity (Wildman–Crippen MR) is 112 cm³/mol. The van der Waals surface area contributed by atoms with Crippen molar-refractivity contribution in [3.63, 3.8) is 0 Å². The van der Waals surface area contributed by atoms with Gasteiger partial charge >= 0.3 is 0 Å². The van der Waals surface area contributed by atoms with E-state index in [1.165, 1.54) is 37.7 Å². The number of fused-ring (bicyclic) bond motifs is 3. The normalized spacial score (nSPS) is 24.6. The summed E-state index contributed by atoms with van der Waals surface area (Å²) in [7, 11) is 0. The van der Waals surface area contributed by atoms with Gasteiger partial charge in [-0.25, -0.2) is 9.38 Å². The Labute approximate surface area is 165 Å². The number of halogens is 1. The van der Waals surface area contributed by atoms with Crippen molar-refractivity contribution in [2.75, 3.05) is 6.54 Å². The van der Waals surface area contributed by atoms with E-state index < -0.39 is 0 Å². The molecule has 0 aromatic heterocycles. The van der Waals surface area contributed by atoms with Crippen molar-refractivity contribution in [2.45, 2.75) is 50.5 Å². The van der Waals surface area contributed by atoms with Crippen LogP contribution in [0.4, 0.5) is 4.39 Å². The topological polar surface area (TPSA) is 36.8 Å². The van der Waals surface area contributed by atoms with E-state index in [-0.39, 0.29) is 17.7 Å². The van der Waals surface area contributed by atoms with E-state index in [1.54, 1.807) is 12.1 Å². The van der Waals surface area contributed by atoms with Gasteiger partial charge in [-0.2, -0.15) is 0 Å². The number of hydrogen-bond acceptors (Lipinski definition) is 3. The maximum atomic E-state index is 14.5. The summed E-state index contributed by atoms with van der Waals surface area (Å²) in [6.07, 6.45) is 7.19. The average Bonchev–Trinajstić information content (AvgIpc) is 2.75. The van der Waals surface area contributed by atoms with Crippen LogP contribution in [-0.2, 0) is 0 Å². The molecular formula is C24H26FN3. The molecule has 2 aliphatic carbocycles. The summed E-state index contributed by atoms with van der Waals surface area (Å²) in [6, 6.07) is 16.0. The summed E-state index contributed by atoms with van der Waals surface area (Å²) in [6.45, 7) is 0.729. The van der Waals surface area contributed by atoms with Crippen molar-refractivity contribution in [2.24, 2.45) is 15.9 Å². The third-order valence-electron chi connectivity index (χ3n) is 6.43. The van der Waals surface area contributed by atoms with E-state index in [0.717, 1.165) is 35.8 Å². The fourth-order valence-electron chi connectivity index (χ4n) is 5.00. The first kappa shape index (κ1) is 17.6. The van der Waals surface area contributed by atoms with Crippen molar-refractivity contribution in [3.05, 3.63) is 71.0 Å². The van der Waals surface area contributed by atoms with Crippen LogP contribution >= 0.6 is 0 Å². The highest BCUT2D eigenvalue weighted by molar-refractivity contribution is 6.11. The summed E-state index contributed by atoms with van der Waals surface area (Å²) >= 11 is 0. The molecule has 1 saturated carbocycles. The predicted octanol–water partition coefficient (Wildman–Crippen LogP) is 5.06. The van der Waals surface area contributed by atoms with Crippen molar-refractivity contribution in [3.8, 4) is 0 Å². The maximum Gasteiger partial charge on any atom is 0.218 e. The average molecular weight is 375 g/mol. The molecule has 2 aromatic rings. The fraction of sp³-hybridized carbons (Fsp3) is 0.417. The molecule has 0 saturated heterocycles. The largest absolute Gasteiger partial charge is 0.352 e. The quantitative estimate of drug-likeness (QED) is 0.783. The van der Waals surface area contributed by atoms with Gasteiger partial charge in [0.05, 0.1) is 12.3 Å². The van der Waals surface area contributed by atoms with Gasteiger partial charge in [-0.1, -0.05) is 61.7 Å². The lowest BCUT2D eigenvalue weighted by Crippen LogP contribution is -2.40. The van der Waals surface area contributed by atoms with Crippen LogP contribution in [0.5, 0.6) is 0 Å². The molecule has 0 bridgehead atoms. The second kappa shape index (κ2) is 7.50. The third kappa shape index (κ3) is 3.25. The molecule has 0 spiro atoms. The minimum absolute atomic E-state index is 0.0596. The molecule has 1 heterocycles.